The topological polar surface area (TPSA) is 30.7 Å². The Morgan fingerprint density at radius 3 is 2.45 bits per heavy atom. The van der Waals surface area contributed by atoms with Crippen LogP contribution >= 0.6 is 0 Å². The Morgan fingerprint density at radius 2 is 2.09 bits per heavy atom. The largest absolute Gasteiger partial charge is 0.286 e. The van der Waals surface area contributed by atoms with Crippen molar-refractivity contribution in [1.82, 2.24) is 14.8 Å². The Balaban J connectivity index is 3.05. The first-order valence-corrected chi connectivity index (χ1v) is 3.62. The minimum atomic E-state index is -0.535. The van der Waals surface area contributed by atoms with Crippen LogP contribution in [0.2, 0.25) is 0 Å². The number of aromatic nitrogens is 3. The van der Waals surface area contributed by atoms with Gasteiger partial charge in [-0.15, -0.1) is 10.2 Å². The Kier molecular flexibility index (Phi) is 2.22. The van der Waals surface area contributed by atoms with Crippen LogP contribution in [-0.4, -0.2) is 14.8 Å². The van der Waals surface area contributed by atoms with Gasteiger partial charge in [0.05, 0.1) is 0 Å². The van der Waals surface area contributed by atoms with E-state index in [0.717, 1.165) is 0 Å². The Morgan fingerprint density at radius 1 is 1.45 bits per heavy atom. The van der Waals surface area contributed by atoms with Crippen LogP contribution in [-0.2, 0) is 6.80 Å². The van der Waals surface area contributed by atoms with Crippen LogP contribution in [0.15, 0.2) is 0 Å². The molecule has 62 valence electrons. The van der Waals surface area contributed by atoms with Crippen LogP contribution in [0.5, 0.6) is 0 Å². The Hall–Kier alpha value is -0.930. The van der Waals surface area contributed by atoms with Gasteiger partial charge in [0.25, 0.3) is 0 Å². The van der Waals surface area contributed by atoms with Crippen molar-refractivity contribution in [1.29, 1.82) is 0 Å². The average Bonchev–Trinajstić information content (AvgIpc) is 2.30. The first-order chi connectivity index (χ1) is 5.16. The zero-order valence-corrected chi connectivity index (χ0v) is 7.00. The Labute approximate surface area is 65.2 Å². The maximum atomic E-state index is 12.3. The van der Waals surface area contributed by atoms with E-state index >= 15 is 0 Å². The molecule has 0 aliphatic rings. The molecule has 1 rings (SSSR count). The van der Waals surface area contributed by atoms with Crippen molar-refractivity contribution in [3.8, 4) is 0 Å². The van der Waals surface area contributed by atoms with Crippen molar-refractivity contribution in [3.63, 3.8) is 0 Å². The normalized spacial score (nSPS) is 11.0. The molecule has 1 aromatic heterocycles. The summed E-state index contributed by atoms with van der Waals surface area (Å²) in [7, 11) is 0. The van der Waals surface area contributed by atoms with Crippen LogP contribution < -0.4 is 0 Å². The number of rotatable bonds is 2. The summed E-state index contributed by atoms with van der Waals surface area (Å²) in [5.41, 5.74) is 0. The van der Waals surface area contributed by atoms with Gasteiger partial charge in [0.2, 0.25) is 0 Å². The summed E-state index contributed by atoms with van der Waals surface area (Å²) in [5.74, 6) is 1.58. The highest BCUT2D eigenvalue weighted by atomic mass is 19.1. The lowest BCUT2D eigenvalue weighted by molar-refractivity contribution is 0.359. The summed E-state index contributed by atoms with van der Waals surface area (Å²) >= 11 is 0. The molecule has 0 aliphatic carbocycles. The van der Waals surface area contributed by atoms with Crippen molar-refractivity contribution in [2.45, 2.75) is 33.5 Å². The molecule has 0 bridgehead atoms. The number of nitrogens with zero attached hydrogens (tertiary/aromatic N) is 3. The minimum Gasteiger partial charge on any atom is -0.286 e. The van der Waals surface area contributed by atoms with Crippen LogP contribution in [0.25, 0.3) is 0 Å². The van der Waals surface area contributed by atoms with Gasteiger partial charge >= 0.3 is 0 Å². The second-order valence-electron chi connectivity index (χ2n) is 2.81. The van der Waals surface area contributed by atoms with E-state index in [1.165, 1.54) is 4.57 Å². The van der Waals surface area contributed by atoms with Gasteiger partial charge in [-0.1, -0.05) is 13.8 Å². The monoisotopic (exact) mass is 157 g/mol. The lowest BCUT2D eigenvalue weighted by atomic mass is 10.2. The molecule has 0 aromatic carbocycles. The molecule has 0 radical (unpaired) electrons. The first-order valence-electron chi connectivity index (χ1n) is 3.62. The number of alkyl halides is 1. The van der Waals surface area contributed by atoms with E-state index in [9.17, 15) is 4.39 Å². The first kappa shape index (κ1) is 8.17. The molecular weight excluding hydrogens is 145 g/mol. The minimum absolute atomic E-state index is 0.229. The molecule has 0 N–H and O–H groups in total. The highest BCUT2D eigenvalue weighted by Gasteiger charge is 2.10. The quantitative estimate of drug-likeness (QED) is 0.653. The number of hydrogen-bond donors (Lipinski definition) is 0. The maximum Gasteiger partial charge on any atom is 0.168 e. The van der Waals surface area contributed by atoms with Gasteiger partial charge in [-0.3, -0.25) is 4.57 Å². The molecule has 1 heterocycles. The van der Waals surface area contributed by atoms with Crippen molar-refractivity contribution in [2.24, 2.45) is 0 Å². The van der Waals surface area contributed by atoms with E-state index in [2.05, 4.69) is 10.2 Å². The van der Waals surface area contributed by atoms with Gasteiger partial charge < -0.3 is 0 Å². The highest BCUT2D eigenvalue weighted by Crippen LogP contribution is 2.12. The van der Waals surface area contributed by atoms with Gasteiger partial charge in [0.1, 0.15) is 11.6 Å². The summed E-state index contributed by atoms with van der Waals surface area (Å²) in [6, 6.07) is 0. The second kappa shape index (κ2) is 2.98. The van der Waals surface area contributed by atoms with Gasteiger partial charge in [0, 0.05) is 5.92 Å². The molecular formula is C7H12FN3. The van der Waals surface area contributed by atoms with E-state index < -0.39 is 6.80 Å². The van der Waals surface area contributed by atoms with E-state index in [1.54, 1.807) is 6.92 Å². The van der Waals surface area contributed by atoms with Gasteiger partial charge in [-0.05, 0) is 6.92 Å². The lowest BCUT2D eigenvalue weighted by Crippen LogP contribution is -2.04. The molecule has 1 aromatic rings. The fourth-order valence-corrected chi connectivity index (χ4v) is 0.972. The zero-order valence-electron chi connectivity index (χ0n) is 7.00. The fourth-order valence-electron chi connectivity index (χ4n) is 0.972. The van der Waals surface area contributed by atoms with Crippen molar-refractivity contribution in [2.75, 3.05) is 0 Å². The molecule has 3 nitrogen and oxygen atoms in total. The van der Waals surface area contributed by atoms with Crippen LogP contribution in [0.3, 0.4) is 0 Å². The van der Waals surface area contributed by atoms with Gasteiger partial charge in [-0.2, -0.15) is 0 Å². The molecule has 0 unspecified atom stereocenters. The van der Waals surface area contributed by atoms with Crippen molar-refractivity contribution < 1.29 is 4.39 Å². The SMILES string of the molecule is Cc1nnc(C(C)C)n1CF. The zero-order chi connectivity index (χ0) is 8.43. The number of aryl methyl sites for hydroxylation is 1. The standard InChI is InChI=1S/C7H12FN3/c1-5(2)7-10-9-6(3)11(7)4-8/h5H,4H2,1-3H3. The molecule has 0 fully saturated rings. The van der Waals surface area contributed by atoms with Crippen LogP contribution in [0.4, 0.5) is 4.39 Å². The van der Waals surface area contributed by atoms with Crippen molar-refractivity contribution in [3.05, 3.63) is 11.6 Å². The van der Waals surface area contributed by atoms with E-state index in [1.807, 2.05) is 13.8 Å². The number of halogens is 1. The Bertz CT molecular complexity index is 242. The summed E-state index contributed by atoms with van der Waals surface area (Å²) in [4.78, 5) is 0. The van der Waals surface area contributed by atoms with E-state index in [-0.39, 0.29) is 5.92 Å². The fraction of sp³-hybridized carbons (Fsp3) is 0.714. The maximum absolute atomic E-state index is 12.3. The molecule has 0 aliphatic heterocycles. The predicted octanol–water partition coefficient (Wildman–Crippen LogP) is 1.64. The van der Waals surface area contributed by atoms with Crippen LogP contribution in [0, 0.1) is 6.92 Å². The predicted molar refractivity (Wildman–Crippen MR) is 40.0 cm³/mol. The van der Waals surface area contributed by atoms with Gasteiger partial charge in [-0.25, -0.2) is 4.39 Å². The molecule has 0 spiro atoms. The average molecular weight is 157 g/mol. The summed E-state index contributed by atoms with van der Waals surface area (Å²) < 4.78 is 13.8. The molecule has 0 saturated carbocycles. The third-order valence-electron chi connectivity index (χ3n) is 1.60. The highest BCUT2D eigenvalue weighted by molar-refractivity contribution is 4.97. The molecule has 4 heteroatoms. The van der Waals surface area contributed by atoms with E-state index in [0.29, 0.717) is 11.6 Å². The summed E-state index contributed by atoms with van der Waals surface area (Å²) in [6.07, 6.45) is 0. The lowest BCUT2D eigenvalue weighted by Gasteiger charge is -2.04. The summed E-state index contributed by atoms with van der Waals surface area (Å²) in [6.45, 7) is 5.15. The van der Waals surface area contributed by atoms with Crippen LogP contribution in [0.1, 0.15) is 31.4 Å². The van der Waals surface area contributed by atoms with Gasteiger partial charge in [0.15, 0.2) is 6.80 Å². The van der Waals surface area contributed by atoms with Crippen molar-refractivity contribution >= 4 is 0 Å². The molecule has 11 heavy (non-hydrogen) atoms. The third kappa shape index (κ3) is 1.39. The van der Waals surface area contributed by atoms with E-state index in [4.69, 9.17) is 0 Å². The summed E-state index contributed by atoms with van der Waals surface area (Å²) in [5, 5.41) is 7.64. The second-order valence-corrected chi connectivity index (χ2v) is 2.81. The number of hydrogen-bond acceptors (Lipinski definition) is 2. The molecule has 0 amide bonds. The smallest absolute Gasteiger partial charge is 0.168 e. The molecule has 0 saturated heterocycles. The third-order valence-corrected chi connectivity index (χ3v) is 1.60. The molecule has 0 atom stereocenters.